The van der Waals surface area contributed by atoms with Crippen LogP contribution in [0, 0.1) is 0 Å². The average Bonchev–Trinajstić information content (AvgIpc) is 2.81. The number of benzene rings is 2. The Kier molecular flexibility index (Phi) is 9.41. The zero-order chi connectivity index (χ0) is 23.5. The summed E-state index contributed by atoms with van der Waals surface area (Å²) >= 11 is 0. The molecule has 0 saturated carbocycles. The van der Waals surface area contributed by atoms with E-state index in [9.17, 15) is 9.59 Å². The Hall–Kier alpha value is -3.18. The van der Waals surface area contributed by atoms with Crippen molar-refractivity contribution < 1.29 is 48.4 Å². The second-order valence-electron chi connectivity index (χ2n) is 6.80. The summed E-state index contributed by atoms with van der Waals surface area (Å²) in [6.45, 7) is 6.33. The third-order valence-electron chi connectivity index (χ3n) is 4.14. The molecule has 0 fully saturated rings. The lowest BCUT2D eigenvalue weighted by molar-refractivity contribution is -0.562. The first-order valence-corrected chi connectivity index (χ1v) is 9.89. The van der Waals surface area contributed by atoms with Crippen LogP contribution in [0.2, 0.25) is 0 Å². The topological polar surface area (TPSA) is 108 Å². The molecule has 2 aromatic carbocycles. The second-order valence-corrected chi connectivity index (χ2v) is 6.80. The lowest BCUT2D eigenvalue weighted by Gasteiger charge is -2.30. The third-order valence-corrected chi connectivity index (χ3v) is 4.14. The van der Waals surface area contributed by atoms with Crippen molar-refractivity contribution in [2.24, 2.45) is 0 Å². The molecular weight excluding hydrogens is 424 g/mol. The fourth-order valence-corrected chi connectivity index (χ4v) is 1.89. The molecule has 174 valence electrons. The fourth-order valence-electron chi connectivity index (χ4n) is 1.89. The van der Waals surface area contributed by atoms with Gasteiger partial charge in [-0.15, -0.1) is 9.78 Å². The monoisotopic (exact) mass is 450 g/mol. The largest absolute Gasteiger partial charge is 0.546 e. The zero-order valence-electron chi connectivity index (χ0n) is 18.3. The molecule has 2 aromatic rings. The normalized spacial score (nSPS) is 14.5. The molecule has 0 spiro atoms. The highest BCUT2D eigenvalue weighted by atomic mass is 17.4. The van der Waals surface area contributed by atoms with Crippen LogP contribution >= 0.6 is 0 Å². The fraction of sp³-hybridized carbons (Fsp3) is 0.364. The first-order valence-electron chi connectivity index (χ1n) is 9.89. The second kappa shape index (κ2) is 12.0. The molecule has 0 aliphatic carbocycles. The molecule has 0 aromatic heterocycles. The van der Waals surface area contributed by atoms with Crippen LogP contribution in [0.25, 0.3) is 0 Å². The molecule has 2 atom stereocenters. The van der Waals surface area contributed by atoms with E-state index in [0.29, 0.717) is 0 Å². The van der Waals surface area contributed by atoms with Crippen LogP contribution in [0.5, 0.6) is 11.5 Å². The van der Waals surface area contributed by atoms with Gasteiger partial charge in [-0.2, -0.15) is 9.78 Å². The third kappa shape index (κ3) is 8.52. The van der Waals surface area contributed by atoms with Crippen LogP contribution in [-0.2, 0) is 29.3 Å². The molecule has 0 aliphatic heterocycles. The van der Waals surface area contributed by atoms with Crippen molar-refractivity contribution in [3.05, 3.63) is 60.7 Å². The van der Waals surface area contributed by atoms with Gasteiger partial charge >= 0.3 is 12.3 Å². The van der Waals surface area contributed by atoms with E-state index in [-0.39, 0.29) is 24.3 Å². The summed E-state index contributed by atoms with van der Waals surface area (Å²) < 4.78 is 9.91. The lowest BCUT2D eigenvalue weighted by atomic mass is 10.2. The molecule has 0 heterocycles. The quantitative estimate of drug-likeness (QED) is 0.143. The van der Waals surface area contributed by atoms with Gasteiger partial charge in [-0.25, -0.2) is 9.59 Å². The molecule has 10 heteroatoms. The maximum Gasteiger partial charge on any atom is 0.546 e. The Morgan fingerprint density at radius 3 is 1.28 bits per heavy atom. The van der Waals surface area contributed by atoms with Gasteiger partial charge < -0.3 is 9.47 Å². The van der Waals surface area contributed by atoms with Gasteiger partial charge in [0.2, 0.25) is 11.6 Å². The van der Waals surface area contributed by atoms with E-state index >= 15 is 0 Å². The van der Waals surface area contributed by atoms with E-state index in [0.717, 1.165) is 0 Å². The predicted molar refractivity (Wildman–Crippen MR) is 109 cm³/mol. The minimum absolute atomic E-state index is 0.211. The highest BCUT2D eigenvalue weighted by Crippen LogP contribution is 2.25. The summed E-state index contributed by atoms with van der Waals surface area (Å²) in [6, 6.07) is 16.6. The first-order chi connectivity index (χ1) is 15.3. The molecule has 0 amide bonds. The van der Waals surface area contributed by atoms with Crippen molar-refractivity contribution in [3.63, 3.8) is 0 Å². The first kappa shape index (κ1) is 25.1. The van der Waals surface area contributed by atoms with Crippen molar-refractivity contribution in [2.75, 3.05) is 0 Å². The Balaban J connectivity index is 1.81. The van der Waals surface area contributed by atoms with Crippen LogP contribution in [0.1, 0.15) is 40.5 Å². The van der Waals surface area contributed by atoms with E-state index in [2.05, 4.69) is 9.78 Å². The maximum absolute atomic E-state index is 11.8. The number of rotatable bonds is 11. The number of hydrogen-bond acceptors (Lipinski definition) is 10. The summed E-state index contributed by atoms with van der Waals surface area (Å²) in [5.41, 5.74) is 0. The zero-order valence-corrected chi connectivity index (χ0v) is 18.3. The van der Waals surface area contributed by atoms with Gasteiger partial charge in [0.25, 0.3) is 0 Å². The SMILES string of the molecule is CCC(C)(OOC(=O)Oc1ccccc1)OOC(C)(CC)OOC(=O)Oc1ccccc1. The number of ether oxygens (including phenoxy) is 2. The minimum Gasteiger partial charge on any atom is -0.393 e. The van der Waals surface area contributed by atoms with E-state index < -0.39 is 23.9 Å². The van der Waals surface area contributed by atoms with E-state index in [1.54, 1.807) is 74.5 Å². The van der Waals surface area contributed by atoms with Gasteiger partial charge in [-0.3, -0.25) is 9.78 Å². The van der Waals surface area contributed by atoms with Crippen molar-refractivity contribution in [3.8, 4) is 11.5 Å². The molecule has 32 heavy (non-hydrogen) atoms. The van der Waals surface area contributed by atoms with E-state index in [1.807, 2.05) is 0 Å². The van der Waals surface area contributed by atoms with Gasteiger partial charge in [0.15, 0.2) is 0 Å². The predicted octanol–water partition coefficient (Wildman–Crippen LogP) is 5.48. The van der Waals surface area contributed by atoms with E-state index in [4.69, 9.17) is 29.0 Å². The number of carbonyl (C=O) groups excluding carboxylic acids is 2. The van der Waals surface area contributed by atoms with Crippen molar-refractivity contribution in [1.82, 2.24) is 0 Å². The van der Waals surface area contributed by atoms with Crippen molar-refractivity contribution in [1.29, 1.82) is 0 Å². The summed E-state index contributed by atoms with van der Waals surface area (Å²) in [4.78, 5) is 53.5. The van der Waals surface area contributed by atoms with Gasteiger partial charge in [0, 0.05) is 12.8 Å². The number of hydrogen-bond donors (Lipinski definition) is 0. The highest BCUT2D eigenvalue weighted by molar-refractivity contribution is 5.63. The van der Waals surface area contributed by atoms with Gasteiger partial charge in [-0.1, -0.05) is 50.2 Å². The average molecular weight is 450 g/mol. The van der Waals surface area contributed by atoms with Crippen LogP contribution in [0.15, 0.2) is 60.7 Å². The van der Waals surface area contributed by atoms with Crippen LogP contribution in [-0.4, -0.2) is 23.9 Å². The van der Waals surface area contributed by atoms with Gasteiger partial charge in [-0.05, 0) is 38.1 Å². The Labute approximate surface area is 185 Å². The molecule has 0 bridgehead atoms. The van der Waals surface area contributed by atoms with Crippen LogP contribution in [0.4, 0.5) is 9.59 Å². The molecule has 0 saturated heterocycles. The minimum atomic E-state index is -1.51. The molecule has 2 rings (SSSR count). The Morgan fingerprint density at radius 1 is 0.625 bits per heavy atom. The van der Waals surface area contributed by atoms with Crippen molar-refractivity contribution in [2.45, 2.75) is 52.1 Å². The highest BCUT2D eigenvalue weighted by Gasteiger charge is 2.37. The molecule has 2 unspecified atom stereocenters. The smallest absolute Gasteiger partial charge is 0.393 e. The molecular formula is C22H26O10. The summed E-state index contributed by atoms with van der Waals surface area (Å²) in [7, 11) is 0. The summed E-state index contributed by atoms with van der Waals surface area (Å²) in [6.07, 6.45) is -1.77. The molecule has 0 radical (unpaired) electrons. The maximum atomic E-state index is 11.8. The van der Waals surface area contributed by atoms with Crippen LogP contribution in [0.3, 0.4) is 0 Å². The number of para-hydroxylation sites is 2. The molecule has 0 aliphatic rings. The summed E-state index contributed by atoms with van der Waals surface area (Å²) in [5.74, 6) is -2.47. The van der Waals surface area contributed by atoms with Crippen molar-refractivity contribution >= 4 is 12.3 Å². The Morgan fingerprint density at radius 2 is 0.969 bits per heavy atom. The molecule has 10 nitrogen and oxygen atoms in total. The lowest BCUT2D eigenvalue weighted by Crippen LogP contribution is -2.40. The van der Waals surface area contributed by atoms with Crippen LogP contribution < -0.4 is 9.47 Å². The number of carbonyl (C=O) groups is 2. The van der Waals surface area contributed by atoms with Gasteiger partial charge in [0.05, 0.1) is 0 Å². The van der Waals surface area contributed by atoms with Gasteiger partial charge in [0.1, 0.15) is 11.5 Å². The van der Waals surface area contributed by atoms with E-state index in [1.165, 1.54) is 13.8 Å². The standard InChI is InChI=1S/C22H26O10/c1-5-21(3,29-27-19(23)25-17-13-9-7-10-14-17)31-32-22(4,6-2)30-28-20(24)26-18-15-11-8-12-16-18/h7-16H,5-6H2,1-4H3. The molecule has 0 N–H and O–H groups in total. The summed E-state index contributed by atoms with van der Waals surface area (Å²) in [5, 5.41) is 0. The Bertz CT molecular complexity index is 773.